The van der Waals surface area contributed by atoms with E-state index in [4.69, 9.17) is 4.74 Å². The molecule has 1 atom stereocenters. The number of hydrogen-bond donors (Lipinski definition) is 1. The summed E-state index contributed by atoms with van der Waals surface area (Å²) in [4.78, 5) is 7.08. The van der Waals surface area contributed by atoms with Gasteiger partial charge in [-0.3, -0.25) is 9.71 Å². The number of para-hydroxylation sites is 1. The van der Waals surface area contributed by atoms with Gasteiger partial charge in [0.25, 0.3) is 10.0 Å². The monoisotopic (exact) mass is 437 g/mol. The number of fused-ring (bicyclic) bond motifs is 2. The molecule has 1 aliphatic heterocycles. The van der Waals surface area contributed by atoms with Crippen LogP contribution in [0.5, 0.6) is 5.75 Å². The van der Waals surface area contributed by atoms with E-state index in [1.165, 1.54) is 12.8 Å². The van der Waals surface area contributed by atoms with E-state index in [0.717, 1.165) is 54.6 Å². The fourth-order valence-corrected chi connectivity index (χ4v) is 6.30. The number of pyridine rings is 1. The molecule has 0 unspecified atom stereocenters. The molecule has 2 heterocycles. The molecule has 0 radical (unpaired) electrons. The zero-order chi connectivity index (χ0) is 21.4. The number of nitrogens with one attached hydrogen (secondary N) is 1. The van der Waals surface area contributed by atoms with Gasteiger partial charge in [-0.25, -0.2) is 8.42 Å². The number of anilines is 1. The highest BCUT2D eigenvalue weighted by atomic mass is 32.2. The minimum atomic E-state index is -3.79. The van der Waals surface area contributed by atoms with Crippen LogP contribution in [-0.2, 0) is 22.9 Å². The van der Waals surface area contributed by atoms with Crippen LogP contribution in [-0.4, -0.2) is 44.5 Å². The Labute approximate surface area is 183 Å². The third-order valence-corrected chi connectivity index (χ3v) is 7.96. The highest BCUT2D eigenvalue weighted by Crippen LogP contribution is 2.38. The number of sulfonamides is 1. The maximum atomic E-state index is 13.3. The summed E-state index contributed by atoms with van der Waals surface area (Å²) in [6.45, 7) is 2.31. The molecule has 1 aliphatic carbocycles. The largest absolute Gasteiger partial charge is 0.496 e. The first-order valence-electron chi connectivity index (χ1n) is 10.9. The van der Waals surface area contributed by atoms with Crippen LogP contribution >= 0.6 is 0 Å². The van der Waals surface area contributed by atoms with Crippen LogP contribution in [0.2, 0.25) is 0 Å². The summed E-state index contributed by atoms with van der Waals surface area (Å²) in [7, 11) is -2.10. The van der Waals surface area contributed by atoms with Gasteiger partial charge in [-0.15, -0.1) is 0 Å². The van der Waals surface area contributed by atoms with E-state index in [0.29, 0.717) is 17.2 Å². The Morgan fingerprint density at radius 3 is 2.68 bits per heavy atom. The van der Waals surface area contributed by atoms with E-state index < -0.39 is 10.0 Å². The fourth-order valence-electron chi connectivity index (χ4n) is 5.03. The number of rotatable bonds is 5. The van der Waals surface area contributed by atoms with Crippen LogP contribution in [0.1, 0.15) is 30.4 Å². The smallest absolute Gasteiger partial charge is 0.264 e. The van der Waals surface area contributed by atoms with Crippen LogP contribution in [0.3, 0.4) is 0 Å². The summed E-state index contributed by atoms with van der Waals surface area (Å²) in [5, 5.41) is 0.801. The Hall–Kier alpha value is -2.64. The normalized spacial score (nSPS) is 19.3. The van der Waals surface area contributed by atoms with Crippen molar-refractivity contribution in [2.45, 2.75) is 43.0 Å². The zero-order valence-corrected chi connectivity index (χ0v) is 18.5. The molecular weight excluding hydrogens is 410 g/mol. The van der Waals surface area contributed by atoms with Crippen molar-refractivity contribution in [3.63, 3.8) is 0 Å². The molecule has 0 bridgehead atoms. The average Bonchev–Trinajstić information content (AvgIpc) is 3.33. The maximum Gasteiger partial charge on any atom is 0.264 e. The standard InChI is InChI=1S/C24H27N3O3S/c1-30-22-12-11-21(19-10-9-18(16-20(19)22)27-14-2-3-15-27)26-31(28,29)23-8-4-6-17-7-5-13-25-24(17)23/h4-8,11-13,18,26H,2-3,9-10,14-16H2,1H3/t18-/m0/s1. The summed E-state index contributed by atoms with van der Waals surface area (Å²) in [6, 6.07) is 13.1. The molecule has 6 nitrogen and oxygen atoms in total. The second-order valence-electron chi connectivity index (χ2n) is 8.35. The molecule has 0 amide bonds. The Balaban J connectivity index is 1.50. The van der Waals surface area contributed by atoms with E-state index in [2.05, 4.69) is 14.6 Å². The highest BCUT2D eigenvalue weighted by molar-refractivity contribution is 7.93. The van der Waals surface area contributed by atoms with Crippen molar-refractivity contribution in [1.29, 1.82) is 0 Å². The van der Waals surface area contributed by atoms with Crippen molar-refractivity contribution < 1.29 is 13.2 Å². The van der Waals surface area contributed by atoms with Crippen molar-refractivity contribution in [2.75, 3.05) is 24.9 Å². The van der Waals surface area contributed by atoms with Gasteiger partial charge in [0.15, 0.2) is 0 Å². The van der Waals surface area contributed by atoms with Gasteiger partial charge in [0, 0.05) is 23.2 Å². The molecule has 1 aromatic heterocycles. The topological polar surface area (TPSA) is 71.5 Å². The number of hydrogen-bond acceptors (Lipinski definition) is 5. The lowest BCUT2D eigenvalue weighted by atomic mass is 9.86. The predicted molar refractivity (Wildman–Crippen MR) is 122 cm³/mol. The Kier molecular flexibility index (Phi) is 5.32. The van der Waals surface area contributed by atoms with Gasteiger partial charge in [0.2, 0.25) is 0 Å². The number of methoxy groups -OCH3 is 1. The van der Waals surface area contributed by atoms with Gasteiger partial charge in [-0.2, -0.15) is 0 Å². The first-order valence-corrected chi connectivity index (χ1v) is 12.3. The van der Waals surface area contributed by atoms with Crippen molar-refractivity contribution in [1.82, 2.24) is 9.88 Å². The summed E-state index contributed by atoms with van der Waals surface area (Å²) >= 11 is 0. The van der Waals surface area contributed by atoms with Crippen LogP contribution in [0.4, 0.5) is 5.69 Å². The van der Waals surface area contributed by atoms with Gasteiger partial charge < -0.3 is 9.64 Å². The predicted octanol–water partition coefficient (Wildman–Crippen LogP) is 4.00. The van der Waals surface area contributed by atoms with Gasteiger partial charge in [-0.05, 0) is 75.0 Å². The minimum Gasteiger partial charge on any atom is -0.496 e. The molecular formula is C24H27N3O3S. The van der Waals surface area contributed by atoms with Crippen LogP contribution in [0, 0.1) is 0 Å². The maximum absolute atomic E-state index is 13.3. The quantitative estimate of drug-likeness (QED) is 0.653. The third kappa shape index (κ3) is 3.77. The second kappa shape index (κ2) is 8.13. The van der Waals surface area contributed by atoms with Gasteiger partial charge >= 0.3 is 0 Å². The number of ether oxygens (including phenoxy) is 1. The number of likely N-dealkylation sites (tertiary alicyclic amines) is 1. The molecule has 2 aromatic carbocycles. The molecule has 0 spiro atoms. The molecule has 31 heavy (non-hydrogen) atoms. The lowest BCUT2D eigenvalue weighted by Crippen LogP contribution is -2.37. The molecule has 7 heteroatoms. The van der Waals surface area contributed by atoms with Crippen molar-refractivity contribution in [3.05, 3.63) is 59.8 Å². The SMILES string of the molecule is COc1ccc(NS(=O)(=O)c2cccc3cccnc23)c2c1C[C@@H](N1CCCC1)CC2. The molecule has 1 N–H and O–H groups in total. The lowest BCUT2D eigenvalue weighted by molar-refractivity contribution is 0.220. The minimum absolute atomic E-state index is 0.195. The summed E-state index contributed by atoms with van der Waals surface area (Å²) in [5.74, 6) is 0.841. The first kappa shape index (κ1) is 20.3. The molecule has 2 aliphatic rings. The summed E-state index contributed by atoms with van der Waals surface area (Å²) in [5.41, 5.74) is 3.30. The first-order chi connectivity index (χ1) is 15.1. The average molecular weight is 438 g/mol. The highest BCUT2D eigenvalue weighted by Gasteiger charge is 2.30. The molecule has 0 saturated carbocycles. The Morgan fingerprint density at radius 2 is 1.87 bits per heavy atom. The van der Waals surface area contributed by atoms with E-state index in [-0.39, 0.29) is 4.90 Å². The van der Waals surface area contributed by atoms with Gasteiger partial charge in [0.05, 0.1) is 18.3 Å². The van der Waals surface area contributed by atoms with E-state index in [9.17, 15) is 8.42 Å². The molecule has 1 saturated heterocycles. The number of benzene rings is 2. The van der Waals surface area contributed by atoms with Crippen LogP contribution < -0.4 is 9.46 Å². The summed E-state index contributed by atoms with van der Waals surface area (Å²) in [6.07, 6.45) is 6.90. The summed E-state index contributed by atoms with van der Waals surface area (Å²) < 4.78 is 35.2. The zero-order valence-electron chi connectivity index (χ0n) is 17.7. The van der Waals surface area contributed by atoms with E-state index >= 15 is 0 Å². The van der Waals surface area contributed by atoms with Crippen molar-refractivity contribution >= 4 is 26.6 Å². The van der Waals surface area contributed by atoms with E-state index in [1.54, 1.807) is 25.4 Å². The number of aromatic nitrogens is 1. The second-order valence-corrected chi connectivity index (χ2v) is 10.00. The molecule has 1 fully saturated rings. The molecule has 162 valence electrons. The fraction of sp³-hybridized carbons (Fsp3) is 0.375. The van der Waals surface area contributed by atoms with Crippen molar-refractivity contribution in [2.24, 2.45) is 0 Å². The van der Waals surface area contributed by atoms with Gasteiger partial charge in [-0.1, -0.05) is 18.2 Å². The third-order valence-electron chi connectivity index (χ3n) is 6.56. The van der Waals surface area contributed by atoms with Gasteiger partial charge in [0.1, 0.15) is 10.6 Å². The molecule has 5 rings (SSSR count). The van der Waals surface area contributed by atoms with Crippen LogP contribution in [0.25, 0.3) is 10.9 Å². The Bertz CT molecular complexity index is 1210. The van der Waals surface area contributed by atoms with E-state index in [1.807, 2.05) is 30.3 Å². The number of nitrogens with zero attached hydrogens (tertiary/aromatic N) is 2. The lowest BCUT2D eigenvalue weighted by Gasteiger charge is -2.33. The Morgan fingerprint density at radius 1 is 1.06 bits per heavy atom. The van der Waals surface area contributed by atoms with Crippen molar-refractivity contribution in [3.8, 4) is 5.75 Å². The van der Waals surface area contributed by atoms with Crippen LogP contribution in [0.15, 0.2) is 53.6 Å². The molecule has 3 aromatic rings.